The summed E-state index contributed by atoms with van der Waals surface area (Å²) in [6.45, 7) is 1.70. The van der Waals surface area contributed by atoms with Crippen molar-refractivity contribution in [2.45, 2.75) is 39.0 Å². The van der Waals surface area contributed by atoms with Crippen molar-refractivity contribution in [2.24, 2.45) is 0 Å². The highest BCUT2D eigenvalue weighted by atomic mass is 35.5. The van der Waals surface area contributed by atoms with Crippen LogP contribution >= 0.6 is 11.6 Å². The van der Waals surface area contributed by atoms with Crippen molar-refractivity contribution in [1.29, 1.82) is 0 Å². The highest BCUT2D eigenvalue weighted by Crippen LogP contribution is 2.16. The second-order valence-electron chi connectivity index (χ2n) is 5.24. The van der Waals surface area contributed by atoms with Crippen LogP contribution in [0.15, 0.2) is 24.3 Å². The van der Waals surface area contributed by atoms with Crippen LogP contribution < -0.4 is 10.1 Å². The number of tetrazole rings is 1. The van der Waals surface area contributed by atoms with E-state index >= 15 is 0 Å². The zero-order chi connectivity index (χ0) is 18.2. The summed E-state index contributed by atoms with van der Waals surface area (Å²) in [5.74, 6) is -0.635. The van der Waals surface area contributed by atoms with Crippen molar-refractivity contribution >= 4 is 23.5 Å². The third-order valence-corrected chi connectivity index (χ3v) is 3.54. The van der Waals surface area contributed by atoms with Gasteiger partial charge in [-0.25, -0.2) is 9.48 Å². The first-order chi connectivity index (χ1) is 12.0. The van der Waals surface area contributed by atoms with Gasteiger partial charge in [0.1, 0.15) is 24.9 Å². The molecule has 0 spiro atoms. The molecule has 1 aromatic carbocycles. The maximum absolute atomic E-state index is 12.0. The standard InChI is InChI=1S/C15H18ClN5O4/c1-2-3-12(15(23)24)17-14(22)8-21-13(18-19-20-21)9-25-11-6-4-10(16)5-7-11/h4-7,12H,2-3,8-9H2,1H3,(H,17,22)(H,23,24). The lowest BCUT2D eigenvalue weighted by Crippen LogP contribution is -2.42. The third kappa shape index (κ3) is 5.71. The molecule has 1 atom stereocenters. The predicted molar refractivity (Wildman–Crippen MR) is 88.1 cm³/mol. The Morgan fingerprint density at radius 3 is 2.72 bits per heavy atom. The first-order valence-electron chi connectivity index (χ1n) is 7.65. The maximum Gasteiger partial charge on any atom is 0.326 e. The number of hydrogen-bond acceptors (Lipinski definition) is 6. The average molecular weight is 368 g/mol. The number of carbonyl (C=O) groups is 2. The molecule has 2 N–H and O–H groups in total. The van der Waals surface area contributed by atoms with Gasteiger partial charge in [-0.05, 0) is 41.1 Å². The molecule has 9 nitrogen and oxygen atoms in total. The molecule has 0 fully saturated rings. The van der Waals surface area contributed by atoms with Gasteiger partial charge in [0, 0.05) is 5.02 Å². The van der Waals surface area contributed by atoms with Crippen LogP contribution in [0.4, 0.5) is 0 Å². The Morgan fingerprint density at radius 2 is 2.08 bits per heavy atom. The summed E-state index contributed by atoms with van der Waals surface area (Å²) in [5, 5.41) is 23.2. The number of carboxylic acids is 1. The van der Waals surface area contributed by atoms with Crippen molar-refractivity contribution < 1.29 is 19.4 Å². The molecule has 0 aliphatic heterocycles. The zero-order valence-electron chi connectivity index (χ0n) is 13.6. The Hall–Kier alpha value is -2.68. The number of aromatic nitrogens is 4. The number of benzene rings is 1. The van der Waals surface area contributed by atoms with Crippen LogP contribution in [0.5, 0.6) is 5.75 Å². The fourth-order valence-corrected chi connectivity index (χ4v) is 2.18. The Balaban J connectivity index is 1.92. The molecule has 10 heteroatoms. The van der Waals surface area contributed by atoms with Gasteiger partial charge in [-0.2, -0.15) is 0 Å². The van der Waals surface area contributed by atoms with E-state index in [9.17, 15) is 9.59 Å². The lowest BCUT2D eigenvalue weighted by Gasteiger charge is -2.13. The van der Waals surface area contributed by atoms with Gasteiger partial charge in [-0.3, -0.25) is 4.79 Å². The minimum Gasteiger partial charge on any atom is -0.486 e. The molecular weight excluding hydrogens is 350 g/mol. The molecule has 0 radical (unpaired) electrons. The van der Waals surface area contributed by atoms with E-state index in [0.29, 0.717) is 29.4 Å². The molecule has 1 amide bonds. The van der Waals surface area contributed by atoms with Crippen molar-refractivity contribution in [3.8, 4) is 5.75 Å². The summed E-state index contributed by atoms with van der Waals surface area (Å²) in [6.07, 6.45) is 0.992. The number of rotatable bonds is 9. The number of nitrogens with one attached hydrogen (secondary N) is 1. The summed E-state index contributed by atoms with van der Waals surface area (Å²) in [7, 11) is 0. The molecule has 1 heterocycles. The smallest absolute Gasteiger partial charge is 0.326 e. The first-order valence-corrected chi connectivity index (χ1v) is 8.03. The Morgan fingerprint density at radius 1 is 1.36 bits per heavy atom. The molecule has 1 aromatic heterocycles. The normalized spacial score (nSPS) is 11.8. The van der Waals surface area contributed by atoms with E-state index in [4.69, 9.17) is 21.4 Å². The second-order valence-corrected chi connectivity index (χ2v) is 5.68. The molecule has 25 heavy (non-hydrogen) atoms. The van der Waals surface area contributed by atoms with Crippen molar-refractivity contribution in [1.82, 2.24) is 25.5 Å². The summed E-state index contributed by atoms with van der Waals surface area (Å²) >= 11 is 5.80. The highest BCUT2D eigenvalue weighted by Gasteiger charge is 2.20. The summed E-state index contributed by atoms with van der Waals surface area (Å²) in [4.78, 5) is 23.1. The van der Waals surface area contributed by atoms with Crippen LogP contribution in [0, 0.1) is 0 Å². The third-order valence-electron chi connectivity index (χ3n) is 3.29. The number of carboxylic acid groups (broad SMARTS) is 1. The Bertz CT molecular complexity index is 719. The SMILES string of the molecule is CCCC(NC(=O)Cn1nnnc1COc1ccc(Cl)cc1)C(=O)O. The molecule has 0 aliphatic rings. The molecule has 2 aromatic rings. The lowest BCUT2D eigenvalue weighted by molar-refractivity contribution is -0.142. The first kappa shape index (κ1) is 18.7. The zero-order valence-corrected chi connectivity index (χ0v) is 14.3. The maximum atomic E-state index is 12.0. The molecule has 0 saturated heterocycles. The fourth-order valence-electron chi connectivity index (χ4n) is 2.05. The topological polar surface area (TPSA) is 119 Å². The number of nitrogens with zero attached hydrogens (tertiary/aromatic N) is 4. The minimum atomic E-state index is -1.07. The van der Waals surface area contributed by atoms with Crippen LogP contribution in [0.2, 0.25) is 5.02 Å². The summed E-state index contributed by atoms with van der Waals surface area (Å²) < 4.78 is 6.80. The van der Waals surface area contributed by atoms with Crippen LogP contribution in [0.3, 0.4) is 0 Å². The number of hydrogen-bond donors (Lipinski definition) is 2. The summed E-state index contributed by atoms with van der Waals surface area (Å²) in [5.41, 5.74) is 0. The average Bonchev–Trinajstić information content (AvgIpc) is 3.01. The van der Waals surface area contributed by atoms with Gasteiger partial charge >= 0.3 is 5.97 Å². The molecule has 1 unspecified atom stereocenters. The van der Waals surface area contributed by atoms with Gasteiger partial charge in [0.25, 0.3) is 0 Å². The largest absolute Gasteiger partial charge is 0.486 e. The van der Waals surface area contributed by atoms with Gasteiger partial charge in [-0.1, -0.05) is 24.9 Å². The Kier molecular flexibility index (Phi) is 6.70. The van der Waals surface area contributed by atoms with Gasteiger partial charge in [0.2, 0.25) is 5.91 Å². The predicted octanol–water partition coefficient (Wildman–Crippen LogP) is 1.27. The van der Waals surface area contributed by atoms with Gasteiger partial charge in [0.05, 0.1) is 0 Å². The number of aliphatic carboxylic acids is 1. The summed E-state index contributed by atoms with van der Waals surface area (Å²) in [6, 6.07) is 5.85. The van der Waals surface area contributed by atoms with Crippen LogP contribution in [-0.2, 0) is 22.7 Å². The van der Waals surface area contributed by atoms with E-state index in [1.165, 1.54) is 4.68 Å². The van der Waals surface area contributed by atoms with E-state index in [-0.39, 0.29) is 13.2 Å². The highest BCUT2D eigenvalue weighted by molar-refractivity contribution is 6.30. The van der Waals surface area contributed by atoms with E-state index in [1.807, 2.05) is 6.92 Å². The fraction of sp³-hybridized carbons (Fsp3) is 0.400. The van der Waals surface area contributed by atoms with Gasteiger partial charge < -0.3 is 15.2 Å². The molecular formula is C15H18ClN5O4. The van der Waals surface area contributed by atoms with Crippen molar-refractivity contribution in [3.63, 3.8) is 0 Å². The molecule has 2 rings (SSSR count). The molecule has 0 aliphatic carbocycles. The van der Waals surface area contributed by atoms with Crippen molar-refractivity contribution in [3.05, 3.63) is 35.1 Å². The van der Waals surface area contributed by atoms with E-state index < -0.39 is 17.9 Å². The number of halogens is 1. The second kappa shape index (κ2) is 8.97. The lowest BCUT2D eigenvalue weighted by atomic mass is 10.1. The monoisotopic (exact) mass is 367 g/mol. The quantitative estimate of drug-likeness (QED) is 0.684. The number of ether oxygens (including phenoxy) is 1. The van der Waals surface area contributed by atoms with Crippen LogP contribution in [0.1, 0.15) is 25.6 Å². The molecule has 0 saturated carbocycles. The van der Waals surface area contributed by atoms with Crippen LogP contribution in [0.25, 0.3) is 0 Å². The van der Waals surface area contributed by atoms with E-state index in [0.717, 1.165) is 0 Å². The minimum absolute atomic E-state index is 0.0548. The molecule has 134 valence electrons. The number of amides is 1. The van der Waals surface area contributed by atoms with Crippen LogP contribution in [-0.4, -0.2) is 43.2 Å². The van der Waals surface area contributed by atoms with Crippen molar-refractivity contribution in [2.75, 3.05) is 0 Å². The van der Waals surface area contributed by atoms with Gasteiger partial charge in [0.15, 0.2) is 5.82 Å². The van der Waals surface area contributed by atoms with E-state index in [1.54, 1.807) is 24.3 Å². The number of carbonyl (C=O) groups excluding carboxylic acids is 1. The van der Waals surface area contributed by atoms with E-state index in [2.05, 4.69) is 20.8 Å². The van der Waals surface area contributed by atoms with Gasteiger partial charge in [-0.15, -0.1) is 5.10 Å². The molecule has 0 bridgehead atoms. The Labute approximate surface area is 148 Å².